The van der Waals surface area contributed by atoms with Gasteiger partial charge >= 0.3 is 0 Å². The Morgan fingerprint density at radius 1 is 0.532 bits per heavy atom. The molecule has 0 spiro atoms. The summed E-state index contributed by atoms with van der Waals surface area (Å²) in [6.45, 7) is 26.8. The fourth-order valence-electron chi connectivity index (χ4n) is 8.17. The molecule has 4 aromatic heterocycles. The van der Waals surface area contributed by atoms with Crippen molar-refractivity contribution in [2.24, 2.45) is 0 Å². The van der Waals surface area contributed by atoms with Gasteiger partial charge in [0.15, 0.2) is 0 Å². The first-order valence-corrected chi connectivity index (χ1v) is 21.7. The van der Waals surface area contributed by atoms with Crippen LogP contribution in [0.2, 0.25) is 0 Å². The molecule has 0 aliphatic rings. The van der Waals surface area contributed by atoms with Gasteiger partial charge in [-0.2, -0.15) is 0 Å². The van der Waals surface area contributed by atoms with Crippen molar-refractivity contribution in [3.63, 3.8) is 0 Å². The Labute approximate surface area is 380 Å². The van der Waals surface area contributed by atoms with Gasteiger partial charge in [-0.3, -0.25) is 4.98 Å². The third-order valence-electron chi connectivity index (χ3n) is 11.8. The second kappa shape index (κ2) is 17.4. The van der Waals surface area contributed by atoms with E-state index in [2.05, 4.69) is 171 Å². The summed E-state index contributed by atoms with van der Waals surface area (Å²) in [5.41, 5.74) is 15.6. The van der Waals surface area contributed by atoms with Crippen molar-refractivity contribution in [2.75, 3.05) is 0 Å². The fraction of sp³-hybridized carbons (Fsp3) is 0.304. The van der Waals surface area contributed by atoms with Crippen LogP contribution in [-0.2, 0) is 30.9 Å². The van der Waals surface area contributed by atoms with Gasteiger partial charge in [0.05, 0.1) is 11.1 Å². The van der Waals surface area contributed by atoms with Crippen LogP contribution in [0.1, 0.15) is 129 Å². The van der Waals surface area contributed by atoms with Gasteiger partial charge < -0.3 is 13.8 Å². The number of para-hydroxylation sites is 1. The summed E-state index contributed by atoms with van der Waals surface area (Å²) < 4.78 is 13.8. The van der Waals surface area contributed by atoms with Crippen molar-refractivity contribution in [3.05, 3.63) is 150 Å². The molecule has 6 heteroatoms. The van der Waals surface area contributed by atoms with Gasteiger partial charge in [-0.15, -0.1) is 54.1 Å². The van der Waals surface area contributed by atoms with Crippen LogP contribution in [-0.4, -0.2) is 15.0 Å². The zero-order valence-corrected chi connectivity index (χ0v) is 40.5. The summed E-state index contributed by atoms with van der Waals surface area (Å²) in [7, 11) is 0. The van der Waals surface area contributed by atoms with Crippen LogP contribution in [0.5, 0.6) is 0 Å². The van der Waals surface area contributed by atoms with Crippen LogP contribution >= 0.6 is 0 Å². The largest absolute Gasteiger partial charge is 0.500 e. The van der Waals surface area contributed by atoms with Crippen LogP contribution in [0.25, 0.3) is 77.5 Å². The molecular weight excluding hydrogens is 939 g/mol. The van der Waals surface area contributed by atoms with Crippen molar-refractivity contribution in [1.29, 1.82) is 0 Å². The van der Waals surface area contributed by atoms with Gasteiger partial charge in [0.1, 0.15) is 23.1 Å². The minimum absolute atomic E-state index is 0. The van der Waals surface area contributed by atoms with E-state index in [-0.39, 0.29) is 30.9 Å². The van der Waals surface area contributed by atoms with Gasteiger partial charge in [0, 0.05) is 53.6 Å². The van der Waals surface area contributed by atoms with Crippen LogP contribution in [0.4, 0.5) is 0 Å². The molecule has 0 saturated carbocycles. The topological polar surface area (TPSA) is 65.0 Å². The van der Waals surface area contributed by atoms with Crippen molar-refractivity contribution in [1.82, 2.24) is 15.0 Å². The van der Waals surface area contributed by atoms with E-state index in [9.17, 15) is 0 Å². The molecule has 0 N–H and O–H groups in total. The third-order valence-corrected chi connectivity index (χ3v) is 11.8. The molecule has 0 bridgehead atoms. The molecular formula is C56H57IrN3O2-2. The zero-order chi connectivity index (χ0) is 43.4. The number of aromatic nitrogens is 3. The number of pyridine rings is 1. The third kappa shape index (κ3) is 8.52. The molecule has 9 aromatic rings. The average Bonchev–Trinajstić information content (AvgIpc) is 3.80. The first-order valence-electron chi connectivity index (χ1n) is 21.7. The van der Waals surface area contributed by atoms with E-state index < -0.39 is 0 Å². The van der Waals surface area contributed by atoms with E-state index in [4.69, 9.17) is 8.83 Å². The Kier molecular flexibility index (Phi) is 12.5. The molecule has 62 heavy (non-hydrogen) atoms. The molecule has 319 valence electrons. The molecule has 0 saturated heterocycles. The molecule has 0 fully saturated rings. The molecule has 9 rings (SSSR count). The second-order valence-corrected chi connectivity index (χ2v) is 19.3. The zero-order valence-electron chi connectivity index (χ0n) is 38.1. The summed E-state index contributed by atoms with van der Waals surface area (Å²) >= 11 is 0. The molecule has 5 nitrogen and oxygen atoms in total. The smallest absolute Gasteiger partial charge is 0.147 e. The van der Waals surface area contributed by atoms with Crippen LogP contribution < -0.4 is 0 Å². The predicted octanol–water partition coefficient (Wildman–Crippen LogP) is 15.9. The van der Waals surface area contributed by atoms with Gasteiger partial charge in [0.25, 0.3) is 0 Å². The van der Waals surface area contributed by atoms with Crippen molar-refractivity contribution < 1.29 is 28.9 Å². The van der Waals surface area contributed by atoms with E-state index >= 15 is 0 Å². The molecule has 0 unspecified atom stereocenters. The number of benzene rings is 5. The standard InChI is InChI=1S/C41H41N2O2.C15H16N.Ir/c1-22(2)25-17-29(23(3)4)36(30(18-25)24(5)6)37-39-31(26-13-10-11-16-34(26)44-39)19-32-27-14-12-15-28(38(27)45-40(32)37)33-20-35(41(7,8)9)43-21-42-33;1-15(2,3)13-9-10-14(16-11-13)12-7-5-4-6-8-12;/h10-14,16-24H,1-9H3;4-7,9-11H,1-3H3;/q2*-1;. The number of rotatable bonds is 6. The minimum atomic E-state index is -0.110. The Balaban J connectivity index is 0.000000286. The molecule has 0 aliphatic heterocycles. The molecule has 0 amide bonds. The minimum Gasteiger partial charge on any atom is -0.500 e. The van der Waals surface area contributed by atoms with Gasteiger partial charge in [0.2, 0.25) is 0 Å². The maximum Gasteiger partial charge on any atom is 0.147 e. The number of nitrogens with zero attached hydrogens (tertiary/aromatic N) is 3. The van der Waals surface area contributed by atoms with E-state index in [0.29, 0.717) is 17.8 Å². The Morgan fingerprint density at radius 2 is 1.21 bits per heavy atom. The van der Waals surface area contributed by atoms with E-state index in [1.165, 1.54) is 27.8 Å². The van der Waals surface area contributed by atoms with Crippen LogP contribution in [0.3, 0.4) is 0 Å². The van der Waals surface area contributed by atoms with Gasteiger partial charge in [-0.1, -0.05) is 143 Å². The number of hydrogen-bond donors (Lipinski definition) is 0. The summed E-state index contributed by atoms with van der Waals surface area (Å²) in [5.74, 6) is 1.03. The van der Waals surface area contributed by atoms with Gasteiger partial charge in [-0.05, 0) is 74.5 Å². The number of hydrogen-bond acceptors (Lipinski definition) is 5. The first-order chi connectivity index (χ1) is 29.0. The Hall–Kier alpha value is -5.42. The van der Waals surface area contributed by atoms with Crippen LogP contribution in [0.15, 0.2) is 118 Å². The van der Waals surface area contributed by atoms with Crippen molar-refractivity contribution in [3.8, 4) is 33.6 Å². The summed E-state index contributed by atoms with van der Waals surface area (Å²) in [4.78, 5) is 13.7. The predicted molar refractivity (Wildman–Crippen MR) is 254 cm³/mol. The summed E-state index contributed by atoms with van der Waals surface area (Å²) in [5, 5.41) is 4.31. The molecule has 4 heterocycles. The Morgan fingerprint density at radius 3 is 1.82 bits per heavy atom. The van der Waals surface area contributed by atoms with Gasteiger partial charge in [-0.25, -0.2) is 4.98 Å². The fourth-order valence-corrected chi connectivity index (χ4v) is 8.17. The maximum absolute atomic E-state index is 7.05. The number of furan rings is 2. The van der Waals surface area contributed by atoms with Crippen molar-refractivity contribution >= 4 is 43.9 Å². The first kappa shape index (κ1) is 44.6. The molecule has 1 radical (unpaired) electrons. The van der Waals surface area contributed by atoms with Crippen molar-refractivity contribution in [2.45, 2.75) is 112 Å². The summed E-state index contributed by atoms with van der Waals surface area (Å²) in [6.07, 6.45) is 3.60. The quantitative estimate of drug-likeness (QED) is 0.155. The summed E-state index contributed by atoms with van der Waals surface area (Å²) in [6, 6.07) is 40.3. The molecule has 5 aromatic carbocycles. The normalized spacial score (nSPS) is 12.2. The maximum atomic E-state index is 7.05. The monoisotopic (exact) mass is 996 g/mol. The average molecular weight is 996 g/mol. The Bertz CT molecular complexity index is 2980. The molecule has 0 atom stereocenters. The van der Waals surface area contributed by atoms with E-state index in [0.717, 1.165) is 77.6 Å². The van der Waals surface area contributed by atoms with E-state index in [1.807, 2.05) is 42.6 Å². The second-order valence-electron chi connectivity index (χ2n) is 19.3. The SMILES string of the molecule is CC(C)(C)c1ccc(-c2[c-]cccc2)nc1.CC(C)c1cc(C(C)C)c(-c2c3oc4ccccc4c3cc3c2oc2c(-c4cc(C(C)(C)C)ncn4)[c-]ccc23)c(C(C)C)c1.[Ir]. The van der Waals surface area contributed by atoms with Crippen LogP contribution in [0, 0.1) is 12.1 Å². The van der Waals surface area contributed by atoms with E-state index in [1.54, 1.807) is 6.33 Å². The molecule has 0 aliphatic carbocycles. The number of fused-ring (bicyclic) bond motifs is 6.